The van der Waals surface area contributed by atoms with Gasteiger partial charge in [0.15, 0.2) is 0 Å². The van der Waals surface area contributed by atoms with Crippen molar-refractivity contribution in [3.8, 4) is 23.7 Å². The molecule has 0 amide bonds. The Kier molecular flexibility index (Phi) is 4.74. The molecule has 0 nitrogen and oxygen atoms in total. The van der Waals surface area contributed by atoms with Gasteiger partial charge in [0, 0.05) is 25.7 Å². The molecule has 0 fully saturated rings. The van der Waals surface area contributed by atoms with Crippen molar-refractivity contribution in [2.75, 3.05) is 0 Å². The number of fused-ring (bicyclic) bond motifs is 2. The van der Waals surface area contributed by atoms with Gasteiger partial charge in [-0.1, -0.05) is 42.5 Å². The minimum Gasteiger partial charge on any atom is -0.103 e. The van der Waals surface area contributed by atoms with Crippen molar-refractivity contribution < 1.29 is 0 Å². The van der Waals surface area contributed by atoms with E-state index in [0.29, 0.717) is 0 Å². The minimum absolute atomic E-state index is 0.876. The summed E-state index contributed by atoms with van der Waals surface area (Å²) in [4.78, 5) is 0. The first kappa shape index (κ1) is 11.8. The predicted molar refractivity (Wildman–Crippen MR) is 72.5 cm³/mol. The van der Waals surface area contributed by atoms with Crippen molar-refractivity contribution in [3.63, 3.8) is 0 Å². The van der Waals surface area contributed by atoms with Crippen LogP contribution in [-0.4, -0.2) is 0 Å². The van der Waals surface area contributed by atoms with Crippen LogP contribution in [0, 0.1) is 23.7 Å². The lowest BCUT2D eigenvalue weighted by molar-refractivity contribution is 0.708. The molecule has 0 N–H and O–H groups in total. The van der Waals surface area contributed by atoms with Crippen LogP contribution in [0.4, 0.5) is 0 Å². The Balaban J connectivity index is 2.11. The quantitative estimate of drug-likeness (QED) is 0.587. The Hall–Kier alpha value is -1.66. The molecule has 1 aromatic carbocycles. The Morgan fingerprint density at radius 2 is 1.29 bits per heavy atom. The fourth-order valence-electron chi connectivity index (χ4n) is 1.96. The average Bonchev–Trinajstić information content (AvgIpc) is 2.36. The minimum atomic E-state index is 0.876. The van der Waals surface area contributed by atoms with Crippen molar-refractivity contribution in [1.29, 1.82) is 0 Å². The maximum Gasteiger partial charge on any atom is 0.0340 e. The molecule has 1 aliphatic carbocycles. The van der Waals surface area contributed by atoms with E-state index in [4.69, 9.17) is 0 Å². The predicted octanol–water partition coefficient (Wildman–Crippen LogP) is 3.74. The largest absolute Gasteiger partial charge is 0.103 e. The summed E-state index contributed by atoms with van der Waals surface area (Å²) in [7, 11) is 0. The van der Waals surface area contributed by atoms with Gasteiger partial charge in [0.25, 0.3) is 0 Å². The zero-order valence-corrected chi connectivity index (χ0v) is 10.3. The summed E-state index contributed by atoms with van der Waals surface area (Å²) in [5.41, 5.74) is 2.63. The second-order valence-electron chi connectivity index (χ2n) is 4.44. The summed E-state index contributed by atoms with van der Waals surface area (Å²) in [5.74, 6) is 13.0. The topological polar surface area (TPSA) is 0 Å². The van der Waals surface area contributed by atoms with E-state index in [9.17, 15) is 0 Å². The summed E-state index contributed by atoms with van der Waals surface area (Å²) in [6.07, 6.45) is 7.51. The van der Waals surface area contributed by atoms with Gasteiger partial charge in [0.2, 0.25) is 0 Å². The van der Waals surface area contributed by atoms with Crippen LogP contribution in [-0.2, 0) is 12.8 Å². The van der Waals surface area contributed by atoms with Gasteiger partial charge in [-0.3, -0.25) is 0 Å². The standard InChI is InChI=1S/C17H18/c1-2-4-6-8-11-16-13-10-14-17(15-16)12-9-7-5-3-1/h10,13-15H,1-5,11-12H2. The molecule has 1 aromatic rings. The van der Waals surface area contributed by atoms with E-state index < -0.39 is 0 Å². The van der Waals surface area contributed by atoms with E-state index in [-0.39, 0.29) is 0 Å². The fourth-order valence-corrected chi connectivity index (χ4v) is 1.96. The van der Waals surface area contributed by atoms with E-state index >= 15 is 0 Å². The SMILES string of the molecule is C1#CCc2cccc(c2)CC#CCCCCC1. The maximum absolute atomic E-state index is 3.26. The van der Waals surface area contributed by atoms with Gasteiger partial charge in [0.1, 0.15) is 0 Å². The normalized spacial score (nSPS) is 15.8. The molecule has 0 heteroatoms. The van der Waals surface area contributed by atoms with E-state index in [2.05, 4.69) is 47.9 Å². The smallest absolute Gasteiger partial charge is 0.0340 e. The van der Waals surface area contributed by atoms with Crippen LogP contribution in [0.5, 0.6) is 0 Å². The van der Waals surface area contributed by atoms with Crippen molar-refractivity contribution in [1.82, 2.24) is 0 Å². The molecule has 2 rings (SSSR count). The second-order valence-corrected chi connectivity index (χ2v) is 4.44. The number of hydrogen-bond acceptors (Lipinski definition) is 0. The van der Waals surface area contributed by atoms with Crippen LogP contribution in [0.2, 0.25) is 0 Å². The Morgan fingerprint density at radius 1 is 0.706 bits per heavy atom. The highest BCUT2D eigenvalue weighted by atomic mass is 14.0. The molecule has 0 aliphatic heterocycles. The fraction of sp³-hybridized carbons (Fsp3) is 0.412. The Bertz CT molecular complexity index is 433. The molecule has 1 aliphatic rings. The van der Waals surface area contributed by atoms with Crippen LogP contribution in [0.25, 0.3) is 0 Å². The lowest BCUT2D eigenvalue weighted by Crippen LogP contribution is -1.87. The van der Waals surface area contributed by atoms with Gasteiger partial charge in [-0.25, -0.2) is 0 Å². The molecule has 0 saturated carbocycles. The van der Waals surface area contributed by atoms with Gasteiger partial charge >= 0.3 is 0 Å². The summed E-state index contributed by atoms with van der Waals surface area (Å²) in [6, 6.07) is 8.64. The lowest BCUT2D eigenvalue weighted by Gasteiger charge is -1.99. The van der Waals surface area contributed by atoms with Gasteiger partial charge in [-0.15, -0.1) is 11.8 Å². The van der Waals surface area contributed by atoms with Gasteiger partial charge in [0.05, 0.1) is 0 Å². The Morgan fingerprint density at radius 3 is 1.88 bits per heavy atom. The summed E-state index contributed by atoms with van der Waals surface area (Å²) < 4.78 is 0. The van der Waals surface area contributed by atoms with E-state index in [1.54, 1.807) is 0 Å². The van der Waals surface area contributed by atoms with Gasteiger partial charge < -0.3 is 0 Å². The molecule has 0 saturated heterocycles. The lowest BCUT2D eigenvalue weighted by atomic mass is 10.1. The molecule has 0 spiro atoms. The molecule has 86 valence electrons. The van der Waals surface area contributed by atoms with Crippen LogP contribution in [0.3, 0.4) is 0 Å². The van der Waals surface area contributed by atoms with Crippen LogP contribution in [0.1, 0.15) is 43.2 Å². The second kappa shape index (κ2) is 6.82. The molecule has 0 unspecified atom stereocenters. The molecule has 0 radical (unpaired) electrons. The molecule has 2 bridgehead atoms. The average molecular weight is 222 g/mol. The molecular formula is C17H18. The van der Waals surface area contributed by atoms with Crippen molar-refractivity contribution in [2.24, 2.45) is 0 Å². The number of hydrogen-bond donors (Lipinski definition) is 0. The zero-order valence-electron chi connectivity index (χ0n) is 10.3. The molecule has 0 heterocycles. The van der Waals surface area contributed by atoms with Crippen molar-refractivity contribution >= 4 is 0 Å². The zero-order chi connectivity index (χ0) is 11.8. The third kappa shape index (κ3) is 4.38. The summed E-state index contributed by atoms with van der Waals surface area (Å²) in [5, 5.41) is 0. The number of benzene rings is 1. The number of rotatable bonds is 0. The summed E-state index contributed by atoms with van der Waals surface area (Å²) in [6.45, 7) is 0. The highest BCUT2D eigenvalue weighted by molar-refractivity contribution is 5.29. The summed E-state index contributed by atoms with van der Waals surface area (Å²) >= 11 is 0. The monoisotopic (exact) mass is 222 g/mol. The van der Waals surface area contributed by atoms with Gasteiger partial charge in [-0.2, -0.15) is 0 Å². The third-order valence-corrected chi connectivity index (χ3v) is 2.93. The van der Waals surface area contributed by atoms with E-state index in [0.717, 1.165) is 25.7 Å². The van der Waals surface area contributed by atoms with Crippen molar-refractivity contribution in [2.45, 2.75) is 44.9 Å². The first-order valence-electron chi connectivity index (χ1n) is 6.44. The van der Waals surface area contributed by atoms with Gasteiger partial charge in [-0.05, 0) is 24.0 Å². The molecule has 0 aromatic heterocycles. The van der Waals surface area contributed by atoms with Crippen LogP contribution in [0.15, 0.2) is 24.3 Å². The first-order chi connectivity index (χ1) is 8.45. The van der Waals surface area contributed by atoms with E-state index in [1.807, 2.05) is 0 Å². The molecular weight excluding hydrogens is 204 g/mol. The van der Waals surface area contributed by atoms with E-state index in [1.165, 1.54) is 30.4 Å². The van der Waals surface area contributed by atoms with Crippen molar-refractivity contribution in [3.05, 3.63) is 35.4 Å². The third-order valence-electron chi connectivity index (χ3n) is 2.93. The molecule has 17 heavy (non-hydrogen) atoms. The maximum atomic E-state index is 3.26. The van der Waals surface area contributed by atoms with Crippen LogP contribution >= 0.6 is 0 Å². The molecule has 0 atom stereocenters. The van der Waals surface area contributed by atoms with Crippen LogP contribution < -0.4 is 0 Å². The highest BCUT2D eigenvalue weighted by Crippen LogP contribution is 2.07. The Labute approximate surface area is 104 Å². The highest BCUT2D eigenvalue weighted by Gasteiger charge is 1.94. The first-order valence-corrected chi connectivity index (χ1v) is 6.44.